The molecule has 5 N–H and O–H groups in total. The smallest absolute Gasteiger partial charge is 0.319 e. The molecular formula is C24H34ClN7O. The van der Waals surface area contributed by atoms with Crippen molar-refractivity contribution in [2.45, 2.75) is 70.0 Å². The zero-order chi connectivity index (χ0) is 23.5. The first-order valence-electron chi connectivity index (χ1n) is 11.8. The number of carbonyl (C=O) groups is 1. The van der Waals surface area contributed by atoms with E-state index in [0.29, 0.717) is 17.5 Å². The molecule has 4 rings (SSSR count). The van der Waals surface area contributed by atoms with E-state index in [2.05, 4.69) is 10.2 Å². The number of hydrogen-bond donors (Lipinski definition) is 3. The SMILES string of the molecule is CN(C)c1nc(N[C@H]2CC[C@@H](N(C(N)=O)c3ccc(CN)c(Cl)c3)CC2)nc2c1CCCC2. The monoisotopic (exact) mass is 471 g/mol. The third kappa shape index (κ3) is 5.17. The number of aromatic nitrogens is 2. The van der Waals surface area contributed by atoms with Crippen molar-refractivity contribution in [2.75, 3.05) is 29.2 Å². The first-order valence-corrected chi connectivity index (χ1v) is 12.2. The van der Waals surface area contributed by atoms with Gasteiger partial charge in [0.25, 0.3) is 0 Å². The van der Waals surface area contributed by atoms with E-state index in [1.54, 1.807) is 11.0 Å². The Bertz CT molecular complexity index is 1000. The highest BCUT2D eigenvalue weighted by atomic mass is 35.5. The zero-order valence-electron chi connectivity index (χ0n) is 19.5. The van der Waals surface area contributed by atoms with Crippen LogP contribution in [-0.4, -0.2) is 42.2 Å². The summed E-state index contributed by atoms with van der Waals surface area (Å²) in [6, 6.07) is 5.33. The van der Waals surface area contributed by atoms with Crippen LogP contribution in [0.25, 0.3) is 0 Å². The third-order valence-electron chi connectivity index (χ3n) is 6.75. The molecule has 2 aliphatic rings. The second-order valence-corrected chi connectivity index (χ2v) is 9.64. The number of primary amides is 1. The van der Waals surface area contributed by atoms with Crippen molar-refractivity contribution in [3.8, 4) is 0 Å². The number of anilines is 3. The Morgan fingerprint density at radius 1 is 1.15 bits per heavy atom. The molecule has 0 saturated heterocycles. The molecule has 8 nitrogen and oxygen atoms in total. The average Bonchev–Trinajstić information content (AvgIpc) is 2.79. The van der Waals surface area contributed by atoms with Crippen LogP contribution in [-0.2, 0) is 19.4 Å². The number of aryl methyl sites for hydroxylation is 1. The summed E-state index contributed by atoms with van der Waals surface area (Å²) in [5, 5.41) is 4.11. The molecule has 1 heterocycles. The quantitative estimate of drug-likeness (QED) is 0.589. The topological polar surface area (TPSA) is 113 Å². The number of benzene rings is 1. The molecule has 33 heavy (non-hydrogen) atoms. The average molecular weight is 472 g/mol. The standard InChI is InChI=1S/C24H34ClN7O/c1-31(2)22-19-5-3-4-6-21(19)29-24(30-22)28-16-8-11-17(12-9-16)32(23(27)33)18-10-7-15(14-26)20(25)13-18/h7,10,13,16-17H,3-6,8-9,11-12,14,26H2,1-2H3,(H2,27,33)(H,28,29,30)/t16-,17+. The normalized spacial score (nSPS) is 20.1. The minimum Gasteiger partial charge on any atom is -0.362 e. The van der Waals surface area contributed by atoms with Gasteiger partial charge in [-0.05, 0) is 69.1 Å². The second kappa shape index (κ2) is 10.1. The van der Waals surface area contributed by atoms with Gasteiger partial charge in [-0.2, -0.15) is 4.98 Å². The number of amides is 2. The Balaban J connectivity index is 1.44. The lowest BCUT2D eigenvalue weighted by molar-refractivity contribution is 0.248. The van der Waals surface area contributed by atoms with E-state index in [1.165, 1.54) is 24.1 Å². The highest BCUT2D eigenvalue weighted by molar-refractivity contribution is 6.31. The van der Waals surface area contributed by atoms with Crippen LogP contribution in [0.15, 0.2) is 18.2 Å². The first kappa shape index (κ1) is 23.6. The molecule has 178 valence electrons. The van der Waals surface area contributed by atoms with Crippen molar-refractivity contribution >= 4 is 35.1 Å². The maximum Gasteiger partial charge on any atom is 0.319 e. The molecule has 0 aliphatic heterocycles. The Kier molecular flexibility index (Phi) is 7.24. The number of carbonyl (C=O) groups excluding carboxylic acids is 1. The largest absolute Gasteiger partial charge is 0.362 e. The molecule has 0 unspecified atom stereocenters. The molecule has 2 aliphatic carbocycles. The number of halogens is 1. The van der Waals surface area contributed by atoms with Gasteiger partial charge in [0.1, 0.15) is 5.82 Å². The fourth-order valence-corrected chi connectivity index (χ4v) is 5.29. The predicted molar refractivity (Wildman–Crippen MR) is 134 cm³/mol. The molecule has 2 aromatic rings. The maximum atomic E-state index is 12.3. The summed E-state index contributed by atoms with van der Waals surface area (Å²) >= 11 is 6.33. The molecule has 1 aromatic carbocycles. The van der Waals surface area contributed by atoms with Gasteiger partial charge in [-0.25, -0.2) is 9.78 Å². The van der Waals surface area contributed by atoms with Crippen LogP contribution in [0.4, 0.5) is 22.2 Å². The Labute approximate surface area is 200 Å². The van der Waals surface area contributed by atoms with Crippen molar-refractivity contribution in [3.05, 3.63) is 40.0 Å². The van der Waals surface area contributed by atoms with Crippen LogP contribution < -0.4 is 26.6 Å². The van der Waals surface area contributed by atoms with Crippen LogP contribution in [0.1, 0.15) is 55.3 Å². The van der Waals surface area contributed by atoms with Crippen LogP contribution in [0.5, 0.6) is 0 Å². The minimum absolute atomic E-state index is 0.0298. The number of urea groups is 1. The summed E-state index contributed by atoms with van der Waals surface area (Å²) in [6.07, 6.45) is 7.92. The molecule has 1 saturated carbocycles. The first-order chi connectivity index (χ1) is 15.9. The number of nitrogens with zero attached hydrogens (tertiary/aromatic N) is 4. The predicted octanol–water partition coefficient (Wildman–Crippen LogP) is 3.84. The molecule has 0 radical (unpaired) electrons. The molecular weight excluding hydrogens is 438 g/mol. The van der Waals surface area contributed by atoms with Crippen LogP contribution >= 0.6 is 11.6 Å². The molecule has 0 bridgehead atoms. The Hall–Kier alpha value is -2.58. The number of nitrogens with one attached hydrogen (secondary N) is 1. The van der Waals surface area contributed by atoms with Crippen LogP contribution in [0.3, 0.4) is 0 Å². The lowest BCUT2D eigenvalue weighted by Crippen LogP contribution is -2.47. The highest BCUT2D eigenvalue weighted by Gasteiger charge is 2.30. The number of fused-ring (bicyclic) bond motifs is 1. The van der Waals surface area contributed by atoms with Gasteiger partial charge in [-0.15, -0.1) is 0 Å². The Morgan fingerprint density at radius 3 is 2.52 bits per heavy atom. The van der Waals surface area contributed by atoms with Gasteiger partial charge in [0, 0.05) is 49.0 Å². The summed E-state index contributed by atoms with van der Waals surface area (Å²) in [6.45, 7) is 0.354. The fourth-order valence-electron chi connectivity index (χ4n) is 5.04. The zero-order valence-corrected chi connectivity index (χ0v) is 20.2. The van der Waals surface area contributed by atoms with Gasteiger partial charge in [0.15, 0.2) is 0 Å². The Morgan fingerprint density at radius 2 is 1.88 bits per heavy atom. The van der Waals surface area contributed by atoms with Gasteiger partial charge in [0.2, 0.25) is 5.95 Å². The van der Waals surface area contributed by atoms with E-state index >= 15 is 0 Å². The van der Waals surface area contributed by atoms with Crippen molar-refractivity contribution < 1.29 is 4.79 Å². The van der Waals surface area contributed by atoms with Crippen molar-refractivity contribution in [1.82, 2.24) is 9.97 Å². The summed E-state index contributed by atoms with van der Waals surface area (Å²) in [7, 11) is 4.08. The lowest BCUT2D eigenvalue weighted by atomic mass is 9.90. The van der Waals surface area contributed by atoms with Gasteiger partial charge >= 0.3 is 6.03 Å². The van der Waals surface area contributed by atoms with Crippen molar-refractivity contribution in [2.24, 2.45) is 11.5 Å². The minimum atomic E-state index is -0.461. The van der Waals surface area contributed by atoms with E-state index in [9.17, 15) is 4.79 Å². The molecule has 9 heteroatoms. The fraction of sp³-hybridized carbons (Fsp3) is 0.542. The lowest BCUT2D eigenvalue weighted by Gasteiger charge is -2.36. The number of rotatable bonds is 6. The number of hydrogen-bond acceptors (Lipinski definition) is 6. The molecule has 2 amide bonds. The van der Waals surface area contributed by atoms with Crippen molar-refractivity contribution in [3.63, 3.8) is 0 Å². The molecule has 1 aromatic heterocycles. The maximum absolute atomic E-state index is 12.3. The van der Waals surface area contributed by atoms with E-state index in [-0.39, 0.29) is 12.1 Å². The van der Waals surface area contributed by atoms with E-state index in [1.807, 2.05) is 26.2 Å². The summed E-state index contributed by atoms with van der Waals surface area (Å²) in [5.74, 6) is 1.73. The van der Waals surface area contributed by atoms with Crippen LogP contribution in [0.2, 0.25) is 5.02 Å². The van der Waals surface area contributed by atoms with Gasteiger partial charge in [-0.3, -0.25) is 4.90 Å². The van der Waals surface area contributed by atoms with E-state index in [4.69, 9.17) is 33.0 Å². The van der Waals surface area contributed by atoms with Gasteiger partial charge in [-0.1, -0.05) is 17.7 Å². The number of nitrogens with two attached hydrogens (primary N) is 2. The van der Waals surface area contributed by atoms with Gasteiger partial charge in [0.05, 0.1) is 5.69 Å². The summed E-state index contributed by atoms with van der Waals surface area (Å²) in [5.41, 5.74) is 15.5. The second-order valence-electron chi connectivity index (χ2n) is 9.24. The van der Waals surface area contributed by atoms with Gasteiger partial charge < -0.3 is 21.7 Å². The van der Waals surface area contributed by atoms with Crippen LogP contribution in [0, 0.1) is 0 Å². The van der Waals surface area contributed by atoms with E-state index < -0.39 is 6.03 Å². The third-order valence-corrected chi connectivity index (χ3v) is 7.10. The van der Waals surface area contributed by atoms with E-state index in [0.717, 1.165) is 55.6 Å². The summed E-state index contributed by atoms with van der Waals surface area (Å²) < 4.78 is 0. The molecule has 1 fully saturated rings. The van der Waals surface area contributed by atoms with Crippen molar-refractivity contribution in [1.29, 1.82) is 0 Å². The molecule has 0 spiro atoms. The highest BCUT2D eigenvalue weighted by Crippen LogP contribution is 2.32. The molecule has 0 atom stereocenters. The summed E-state index contributed by atoms with van der Waals surface area (Å²) in [4.78, 5) is 25.7.